The van der Waals surface area contributed by atoms with Gasteiger partial charge in [-0.3, -0.25) is 4.79 Å². The predicted octanol–water partition coefficient (Wildman–Crippen LogP) is 2.63. The smallest absolute Gasteiger partial charge is 0.233 e. The van der Waals surface area contributed by atoms with Crippen LogP contribution < -0.4 is 5.32 Å². The van der Waals surface area contributed by atoms with Crippen molar-refractivity contribution in [2.24, 2.45) is 0 Å². The van der Waals surface area contributed by atoms with E-state index in [4.69, 9.17) is 4.74 Å². The van der Waals surface area contributed by atoms with Gasteiger partial charge >= 0.3 is 0 Å². The first-order chi connectivity index (χ1) is 8.52. The molecule has 0 aliphatic heterocycles. The molecule has 18 heavy (non-hydrogen) atoms. The van der Waals surface area contributed by atoms with E-state index < -0.39 is 0 Å². The van der Waals surface area contributed by atoms with Gasteiger partial charge in [0.15, 0.2) is 0 Å². The number of ether oxygens (including phenoxy) is 1. The molecule has 0 heterocycles. The van der Waals surface area contributed by atoms with Gasteiger partial charge in [-0.25, -0.2) is 0 Å². The first-order valence-corrected chi connectivity index (χ1v) is 6.93. The largest absolute Gasteiger partial charge is 0.383 e. The standard InChI is InChI=1S/C14H21NO2S/c1-10-5-7-13(8-6-10)18-12(3)14(16)15-11(2)9-17-4/h5-8,11-12H,9H2,1-4H3,(H,15,16)/t11-,12+/m0/s1. The molecule has 0 aliphatic rings. The molecule has 0 aliphatic carbocycles. The van der Waals surface area contributed by atoms with Crippen LogP contribution in [0.2, 0.25) is 0 Å². The van der Waals surface area contributed by atoms with E-state index in [1.54, 1.807) is 18.9 Å². The van der Waals surface area contributed by atoms with Crippen LogP contribution in [0.1, 0.15) is 19.4 Å². The van der Waals surface area contributed by atoms with E-state index in [0.717, 1.165) is 4.90 Å². The van der Waals surface area contributed by atoms with Crippen molar-refractivity contribution < 1.29 is 9.53 Å². The Morgan fingerprint density at radius 3 is 2.50 bits per heavy atom. The molecule has 0 saturated carbocycles. The molecule has 0 unspecified atom stereocenters. The Kier molecular flexibility index (Phi) is 6.22. The quantitative estimate of drug-likeness (QED) is 0.805. The number of hydrogen-bond donors (Lipinski definition) is 1. The first kappa shape index (κ1) is 15.1. The van der Waals surface area contributed by atoms with E-state index in [-0.39, 0.29) is 17.2 Å². The lowest BCUT2D eigenvalue weighted by Crippen LogP contribution is -2.39. The average molecular weight is 267 g/mol. The molecular weight excluding hydrogens is 246 g/mol. The van der Waals surface area contributed by atoms with E-state index >= 15 is 0 Å². The molecule has 0 spiro atoms. The van der Waals surface area contributed by atoms with E-state index in [0.29, 0.717) is 6.61 Å². The molecule has 1 rings (SSSR count). The van der Waals surface area contributed by atoms with Gasteiger partial charge < -0.3 is 10.1 Å². The normalized spacial score (nSPS) is 14.0. The van der Waals surface area contributed by atoms with Gasteiger partial charge in [-0.2, -0.15) is 0 Å². The number of carbonyl (C=O) groups excluding carboxylic acids is 1. The SMILES string of the molecule is COC[C@H](C)NC(=O)[C@@H](C)Sc1ccc(C)cc1. The van der Waals surface area contributed by atoms with E-state index in [1.165, 1.54) is 5.56 Å². The fraction of sp³-hybridized carbons (Fsp3) is 0.500. The highest BCUT2D eigenvalue weighted by Gasteiger charge is 2.16. The second-order valence-electron chi connectivity index (χ2n) is 4.44. The van der Waals surface area contributed by atoms with Crippen LogP contribution in [0.15, 0.2) is 29.2 Å². The Balaban J connectivity index is 2.46. The number of aryl methyl sites for hydroxylation is 1. The molecule has 0 bridgehead atoms. The molecule has 0 fully saturated rings. The summed E-state index contributed by atoms with van der Waals surface area (Å²) in [6, 6.07) is 8.25. The highest BCUT2D eigenvalue weighted by molar-refractivity contribution is 8.00. The van der Waals surface area contributed by atoms with Crippen molar-refractivity contribution in [3.8, 4) is 0 Å². The highest BCUT2D eigenvalue weighted by Crippen LogP contribution is 2.23. The Hall–Kier alpha value is -1.00. The number of nitrogens with one attached hydrogen (secondary N) is 1. The molecule has 2 atom stereocenters. The molecule has 0 saturated heterocycles. The topological polar surface area (TPSA) is 38.3 Å². The van der Waals surface area contributed by atoms with Crippen molar-refractivity contribution in [2.45, 2.75) is 37.0 Å². The highest BCUT2D eigenvalue weighted by atomic mass is 32.2. The molecule has 1 aromatic rings. The third-order valence-corrected chi connectivity index (χ3v) is 3.62. The minimum absolute atomic E-state index is 0.0450. The maximum atomic E-state index is 11.9. The lowest BCUT2D eigenvalue weighted by atomic mass is 10.2. The minimum atomic E-state index is -0.105. The van der Waals surface area contributed by atoms with Gasteiger partial charge in [0, 0.05) is 18.0 Å². The van der Waals surface area contributed by atoms with E-state index in [9.17, 15) is 4.79 Å². The number of rotatable bonds is 6. The monoisotopic (exact) mass is 267 g/mol. The Morgan fingerprint density at radius 1 is 1.33 bits per heavy atom. The number of amides is 1. The van der Waals surface area contributed by atoms with Crippen molar-refractivity contribution in [1.82, 2.24) is 5.32 Å². The number of hydrogen-bond acceptors (Lipinski definition) is 3. The lowest BCUT2D eigenvalue weighted by molar-refractivity contribution is -0.121. The Labute approximate surface area is 113 Å². The van der Waals surface area contributed by atoms with Crippen LogP contribution in [0.4, 0.5) is 0 Å². The molecule has 1 amide bonds. The summed E-state index contributed by atoms with van der Waals surface area (Å²) in [4.78, 5) is 13.0. The summed E-state index contributed by atoms with van der Waals surface area (Å²) in [5, 5.41) is 2.82. The van der Waals surface area contributed by atoms with Gasteiger partial charge in [-0.05, 0) is 32.9 Å². The fourth-order valence-corrected chi connectivity index (χ4v) is 2.40. The third-order valence-electron chi connectivity index (χ3n) is 2.51. The molecule has 0 aromatic heterocycles. The first-order valence-electron chi connectivity index (χ1n) is 6.05. The zero-order valence-corrected chi connectivity index (χ0v) is 12.2. The summed E-state index contributed by atoms with van der Waals surface area (Å²) in [6.07, 6.45) is 0. The summed E-state index contributed by atoms with van der Waals surface area (Å²) in [6.45, 7) is 6.44. The maximum Gasteiger partial charge on any atom is 0.233 e. The van der Waals surface area contributed by atoms with E-state index in [1.807, 2.05) is 26.0 Å². The van der Waals surface area contributed by atoms with E-state index in [2.05, 4.69) is 24.4 Å². The Bertz CT molecular complexity index is 378. The zero-order chi connectivity index (χ0) is 13.5. The van der Waals surface area contributed by atoms with Crippen LogP contribution in [0.5, 0.6) is 0 Å². The van der Waals surface area contributed by atoms with Crippen LogP contribution in [0.3, 0.4) is 0 Å². The number of benzene rings is 1. The van der Waals surface area contributed by atoms with Crippen molar-refractivity contribution in [2.75, 3.05) is 13.7 Å². The van der Waals surface area contributed by atoms with Crippen LogP contribution in [0.25, 0.3) is 0 Å². The van der Waals surface area contributed by atoms with Gasteiger partial charge in [0.25, 0.3) is 0 Å². The van der Waals surface area contributed by atoms with Crippen LogP contribution in [0, 0.1) is 6.92 Å². The summed E-state index contributed by atoms with van der Waals surface area (Å²) >= 11 is 1.57. The van der Waals surface area contributed by atoms with Crippen molar-refractivity contribution in [3.05, 3.63) is 29.8 Å². The summed E-state index contributed by atoms with van der Waals surface area (Å²) in [5.41, 5.74) is 1.23. The summed E-state index contributed by atoms with van der Waals surface area (Å²) in [7, 11) is 1.63. The number of methoxy groups -OCH3 is 1. The fourth-order valence-electron chi connectivity index (χ4n) is 1.53. The van der Waals surface area contributed by atoms with Gasteiger partial charge in [0.1, 0.15) is 0 Å². The van der Waals surface area contributed by atoms with Crippen LogP contribution in [-0.4, -0.2) is 30.9 Å². The maximum absolute atomic E-state index is 11.9. The molecule has 100 valence electrons. The second kappa shape index (κ2) is 7.44. The van der Waals surface area contributed by atoms with Crippen LogP contribution >= 0.6 is 11.8 Å². The molecule has 1 aromatic carbocycles. The van der Waals surface area contributed by atoms with Crippen LogP contribution in [-0.2, 0) is 9.53 Å². The van der Waals surface area contributed by atoms with Gasteiger partial charge in [0.05, 0.1) is 11.9 Å². The molecular formula is C14H21NO2S. The van der Waals surface area contributed by atoms with Gasteiger partial charge in [-0.15, -0.1) is 11.8 Å². The lowest BCUT2D eigenvalue weighted by Gasteiger charge is -2.16. The molecule has 4 heteroatoms. The Morgan fingerprint density at radius 2 is 1.94 bits per heavy atom. The molecule has 3 nitrogen and oxygen atoms in total. The third kappa shape index (κ3) is 5.10. The summed E-state index contributed by atoms with van der Waals surface area (Å²) < 4.78 is 4.99. The average Bonchev–Trinajstić information content (AvgIpc) is 2.32. The summed E-state index contributed by atoms with van der Waals surface area (Å²) in [5.74, 6) is 0.0464. The minimum Gasteiger partial charge on any atom is -0.383 e. The van der Waals surface area contributed by atoms with Crippen molar-refractivity contribution in [3.63, 3.8) is 0 Å². The molecule has 1 N–H and O–H groups in total. The molecule has 0 radical (unpaired) electrons. The van der Waals surface area contributed by atoms with Crippen molar-refractivity contribution >= 4 is 17.7 Å². The zero-order valence-electron chi connectivity index (χ0n) is 11.4. The number of thioether (sulfide) groups is 1. The van der Waals surface area contributed by atoms with Crippen molar-refractivity contribution in [1.29, 1.82) is 0 Å². The van der Waals surface area contributed by atoms with Gasteiger partial charge in [-0.1, -0.05) is 17.7 Å². The number of carbonyl (C=O) groups is 1. The second-order valence-corrected chi connectivity index (χ2v) is 5.85. The predicted molar refractivity (Wildman–Crippen MR) is 76.0 cm³/mol. The van der Waals surface area contributed by atoms with Gasteiger partial charge in [0.2, 0.25) is 5.91 Å².